The van der Waals surface area contributed by atoms with Crippen LogP contribution in [0.15, 0.2) is 48.5 Å². The zero-order chi connectivity index (χ0) is 24.2. The first-order chi connectivity index (χ1) is 16.3. The first-order valence-electron chi connectivity index (χ1n) is 12.0. The van der Waals surface area contributed by atoms with E-state index in [0.717, 1.165) is 41.5 Å². The smallest absolute Gasteiger partial charge is 0.407 e. The van der Waals surface area contributed by atoms with E-state index in [9.17, 15) is 19.5 Å². The third kappa shape index (κ3) is 5.08. The second-order valence-corrected chi connectivity index (χ2v) is 9.58. The van der Waals surface area contributed by atoms with Crippen molar-refractivity contribution in [3.8, 4) is 11.1 Å². The number of likely N-dealkylation sites (tertiary alicyclic amines) is 1. The third-order valence-electron chi connectivity index (χ3n) is 6.72. The number of alkyl carbamates (subject to hydrolysis) is 1. The Morgan fingerprint density at radius 2 is 1.68 bits per heavy atom. The van der Waals surface area contributed by atoms with Gasteiger partial charge in [0.15, 0.2) is 0 Å². The lowest BCUT2D eigenvalue weighted by molar-refractivity contribution is -0.143. The summed E-state index contributed by atoms with van der Waals surface area (Å²) in [6, 6.07) is 15.0. The molecule has 2 amide bonds. The van der Waals surface area contributed by atoms with Crippen LogP contribution in [0, 0.1) is 5.92 Å². The standard InChI is InChI=1S/C27H32N2O5/c1-17(2)14-18-8-7-13-29(18)26(32)24(15-25(30)31)28-27(33)34-16-23-21-11-5-3-9-19(21)20-10-4-6-12-22(20)23/h3-6,9-12,17-18,23-24H,7-8,13-16H2,1-2H3,(H,28,33)(H,30,31). The molecule has 0 saturated carbocycles. The van der Waals surface area contributed by atoms with Crippen molar-refractivity contribution < 1.29 is 24.2 Å². The summed E-state index contributed by atoms with van der Waals surface area (Å²) in [6.45, 7) is 4.89. The van der Waals surface area contributed by atoms with Gasteiger partial charge >= 0.3 is 12.1 Å². The number of carboxylic acid groups (broad SMARTS) is 1. The third-order valence-corrected chi connectivity index (χ3v) is 6.72. The van der Waals surface area contributed by atoms with Crippen molar-refractivity contribution in [2.45, 2.75) is 57.5 Å². The Morgan fingerprint density at radius 1 is 1.06 bits per heavy atom. The van der Waals surface area contributed by atoms with Crippen molar-refractivity contribution in [1.29, 1.82) is 0 Å². The number of fused-ring (bicyclic) bond motifs is 3. The van der Waals surface area contributed by atoms with Gasteiger partial charge in [0.25, 0.3) is 0 Å². The van der Waals surface area contributed by atoms with Crippen molar-refractivity contribution in [3.63, 3.8) is 0 Å². The molecule has 0 aromatic heterocycles. The van der Waals surface area contributed by atoms with Gasteiger partial charge in [-0.15, -0.1) is 0 Å². The maximum absolute atomic E-state index is 13.2. The molecule has 2 aromatic rings. The molecule has 2 atom stereocenters. The summed E-state index contributed by atoms with van der Waals surface area (Å²) in [5.74, 6) is -1.18. The van der Waals surface area contributed by atoms with E-state index in [4.69, 9.17) is 4.74 Å². The summed E-state index contributed by atoms with van der Waals surface area (Å²) in [5.41, 5.74) is 4.42. The van der Waals surface area contributed by atoms with E-state index >= 15 is 0 Å². The molecule has 2 aliphatic rings. The minimum atomic E-state index is -1.15. The molecule has 4 rings (SSSR count). The molecule has 0 radical (unpaired) electrons. The van der Waals surface area contributed by atoms with Gasteiger partial charge in [-0.2, -0.15) is 0 Å². The lowest BCUT2D eigenvalue weighted by Gasteiger charge is -2.29. The van der Waals surface area contributed by atoms with E-state index in [-0.39, 0.29) is 24.5 Å². The van der Waals surface area contributed by atoms with Crippen LogP contribution in [0.1, 0.15) is 56.6 Å². The molecule has 0 bridgehead atoms. The number of amides is 2. The molecule has 7 nitrogen and oxygen atoms in total. The summed E-state index contributed by atoms with van der Waals surface area (Å²) in [4.78, 5) is 39.1. The molecule has 1 aliphatic carbocycles. The predicted molar refractivity (Wildman–Crippen MR) is 128 cm³/mol. The average Bonchev–Trinajstić information content (AvgIpc) is 3.38. The molecule has 180 valence electrons. The number of rotatable bonds is 8. The van der Waals surface area contributed by atoms with E-state index in [0.29, 0.717) is 12.5 Å². The summed E-state index contributed by atoms with van der Waals surface area (Å²) >= 11 is 0. The second kappa shape index (κ2) is 10.3. The minimum Gasteiger partial charge on any atom is -0.481 e. The van der Waals surface area contributed by atoms with Gasteiger partial charge in [0.1, 0.15) is 12.6 Å². The minimum absolute atomic E-state index is 0.0770. The maximum Gasteiger partial charge on any atom is 0.407 e. The van der Waals surface area contributed by atoms with Crippen LogP contribution in [0.25, 0.3) is 11.1 Å². The molecule has 1 fully saturated rings. The highest BCUT2D eigenvalue weighted by atomic mass is 16.5. The van der Waals surface area contributed by atoms with E-state index in [1.807, 2.05) is 36.4 Å². The molecule has 2 aromatic carbocycles. The molecular formula is C27H32N2O5. The van der Waals surface area contributed by atoms with Crippen molar-refractivity contribution in [1.82, 2.24) is 10.2 Å². The van der Waals surface area contributed by atoms with Gasteiger partial charge in [-0.3, -0.25) is 9.59 Å². The molecule has 7 heteroatoms. The Labute approximate surface area is 200 Å². The normalized spacial score (nSPS) is 17.9. The Balaban J connectivity index is 1.43. The monoisotopic (exact) mass is 464 g/mol. The summed E-state index contributed by atoms with van der Waals surface area (Å²) in [7, 11) is 0. The van der Waals surface area contributed by atoms with Crippen LogP contribution in [-0.4, -0.2) is 53.2 Å². The van der Waals surface area contributed by atoms with Crippen LogP contribution in [-0.2, 0) is 14.3 Å². The summed E-state index contributed by atoms with van der Waals surface area (Å²) in [6.07, 6.45) is 1.38. The quantitative estimate of drug-likeness (QED) is 0.604. The Hall–Kier alpha value is -3.35. The predicted octanol–water partition coefficient (Wildman–Crippen LogP) is 4.41. The van der Waals surface area contributed by atoms with Gasteiger partial charge in [0.2, 0.25) is 5.91 Å². The van der Waals surface area contributed by atoms with Crippen molar-refractivity contribution in [2.24, 2.45) is 5.92 Å². The van der Waals surface area contributed by atoms with Crippen molar-refractivity contribution in [2.75, 3.05) is 13.2 Å². The fourth-order valence-electron chi connectivity index (χ4n) is 5.27. The number of hydrogen-bond donors (Lipinski definition) is 2. The Kier molecular flexibility index (Phi) is 7.20. The lowest BCUT2D eigenvalue weighted by atomic mass is 9.98. The molecule has 2 N–H and O–H groups in total. The number of carbonyl (C=O) groups excluding carboxylic acids is 2. The fourth-order valence-corrected chi connectivity index (χ4v) is 5.27. The fraction of sp³-hybridized carbons (Fsp3) is 0.444. The Bertz CT molecular complexity index is 1020. The molecule has 1 heterocycles. The highest BCUT2D eigenvalue weighted by molar-refractivity contribution is 5.89. The highest BCUT2D eigenvalue weighted by Gasteiger charge is 2.36. The van der Waals surface area contributed by atoms with Crippen LogP contribution >= 0.6 is 0 Å². The van der Waals surface area contributed by atoms with Crippen LogP contribution in [0.2, 0.25) is 0 Å². The molecule has 1 aliphatic heterocycles. The van der Waals surface area contributed by atoms with E-state index in [2.05, 4.69) is 31.3 Å². The lowest BCUT2D eigenvalue weighted by Crippen LogP contribution is -2.51. The van der Waals surface area contributed by atoms with E-state index < -0.39 is 24.5 Å². The molecule has 0 spiro atoms. The van der Waals surface area contributed by atoms with Crippen LogP contribution in [0.3, 0.4) is 0 Å². The average molecular weight is 465 g/mol. The number of carbonyl (C=O) groups is 3. The molecule has 34 heavy (non-hydrogen) atoms. The van der Waals surface area contributed by atoms with Crippen LogP contribution in [0.5, 0.6) is 0 Å². The van der Waals surface area contributed by atoms with Gasteiger partial charge in [-0.25, -0.2) is 4.79 Å². The number of carboxylic acids is 1. The first-order valence-corrected chi connectivity index (χ1v) is 12.0. The number of ether oxygens (including phenoxy) is 1. The number of aliphatic carboxylic acids is 1. The molecule has 1 saturated heterocycles. The number of nitrogens with zero attached hydrogens (tertiary/aromatic N) is 1. The van der Waals surface area contributed by atoms with Gasteiger partial charge in [0, 0.05) is 18.5 Å². The van der Waals surface area contributed by atoms with E-state index in [1.54, 1.807) is 4.90 Å². The zero-order valence-electron chi connectivity index (χ0n) is 19.7. The van der Waals surface area contributed by atoms with E-state index in [1.165, 1.54) is 0 Å². The highest BCUT2D eigenvalue weighted by Crippen LogP contribution is 2.44. The molecule has 2 unspecified atom stereocenters. The number of benzene rings is 2. The topological polar surface area (TPSA) is 95.9 Å². The number of hydrogen-bond acceptors (Lipinski definition) is 4. The van der Waals surface area contributed by atoms with Gasteiger partial charge in [-0.1, -0.05) is 62.4 Å². The molecular weight excluding hydrogens is 432 g/mol. The van der Waals surface area contributed by atoms with Crippen LogP contribution in [0.4, 0.5) is 4.79 Å². The van der Waals surface area contributed by atoms with Gasteiger partial charge < -0.3 is 20.1 Å². The summed E-state index contributed by atoms with van der Waals surface area (Å²) in [5, 5.41) is 11.9. The van der Waals surface area contributed by atoms with Gasteiger partial charge in [-0.05, 0) is 47.4 Å². The summed E-state index contributed by atoms with van der Waals surface area (Å²) < 4.78 is 5.54. The zero-order valence-corrected chi connectivity index (χ0v) is 19.7. The van der Waals surface area contributed by atoms with Gasteiger partial charge in [0.05, 0.1) is 6.42 Å². The van der Waals surface area contributed by atoms with Crippen molar-refractivity contribution in [3.05, 3.63) is 59.7 Å². The maximum atomic E-state index is 13.2. The van der Waals surface area contributed by atoms with Crippen molar-refractivity contribution >= 4 is 18.0 Å². The second-order valence-electron chi connectivity index (χ2n) is 9.58. The first kappa shape index (κ1) is 23.8. The Morgan fingerprint density at radius 3 is 2.26 bits per heavy atom. The number of nitrogens with one attached hydrogen (secondary N) is 1. The largest absolute Gasteiger partial charge is 0.481 e. The SMILES string of the molecule is CC(C)CC1CCCN1C(=O)C(CC(=O)O)NC(=O)OCC1c2ccccc2-c2ccccc21. The van der Waals surface area contributed by atoms with Crippen LogP contribution < -0.4 is 5.32 Å².